The van der Waals surface area contributed by atoms with Crippen LogP contribution in [0.5, 0.6) is 5.75 Å². The maximum Gasteiger partial charge on any atom is 0.260 e. The van der Waals surface area contributed by atoms with Gasteiger partial charge in [-0.05, 0) is 25.0 Å². The Morgan fingerprint density at radius 3 is 2.89 bits per heavy atom. The summed E-state index contributed by atoms with van der Waals surface area (Å²) in [5.41, 5.74) is 0. The number of hydrogen-bond acceptors (Lipinski definition) is 3. The molecule has 1 aromatic carbocycles. The zero-order valence-corrected chi connectivity index (χ0v) is 11.8. The molecule has 4 nitrogen and oxygen atoms in total. The third-order valence-corrected chi connectivity index (χ3v) is 3.90. The molecule has 1 aromatic rings. The number of aliphatic hydroxyl groups is 1. The molecule has 1 aliphatic rings. The highest BCUT2D eigenvalue weighted by Gasteiger charge is 2.28. The predicted molar refractivity (Wildman–Crippen MR) is 73.8 cm³/mol. The number of carbonyl (C=O) groups is 1. The molecule has 0 spiro atoms. The van der Waals surface area contributed by atoms with E-state index < -0.39 is 0 Å². The van der Waals surface area contributed by atoms with E-state index in [1.165, 1.54) is 0 Å². The molecular weight excluding hydrogens is 289 g/mol. The van der Waals surface area contributed by atoms with Gasteiger partial charge in [-0.1, -0.05) is 23.2 Å². The van der Waals surface area contributed by atoms with Gasteiger partial charge in [0.1, 0.15) is 5.75 Å². The van der Waals surface area contributed by atoms with E-state index in [2.05, 4.69) is 0 Å². The fourth-order valence-electron chi connectivity index (χ4n) is 2.15. The summed E-state index contributed by atoms with van der Waals surface area (Å²) in [7, 11) is 0. The fourth-order valence-corrected chi connectivity index (χ4v) is 2.44. The van der Waals surface area contributed by atoms with Crippen LogP contribution in [0, 0.1) is 0 Å². The molecule has 1 N–H and O–H groups in total. The van der Waals surface area contributed by atoms with Gasteiger partial charge in [-0.3, -0.25) is 4.79 Å². The summed E-state index contributed by atoms with van der Waals surface area (Å²) in [6, 6.07) is 4.78. The van der Waals surface area contributed by atoms with Crippen molar-refractivity contribution >= 4 is 29.1 Å². The molecule has 6 heteroatoms. The highest BCUT2D eigenvalue weighted by atomic mass is 35.5. The van der Waals surface area contributed by atoms with Crippen LogP contribution < -0.4 is 4.74 Å². The van der Waals surface area contributed by atoms with E-state index in [4.69, 9.17) is 27.9 Å². The normalized spacial score (nSPS) is 18.7. The topological polar surface area (TPSA) is 49.8 Å². The number of benzene rings is 1. The summed E-state index contributed by atoms with van der Waals surface area (Å²) >= 11 is 11.7. The van der Waals surface area contributed by atoms with Crippen molar-refractivity contribution in [3.05, 3.63) is 28.2 Å². The number of likely N-dealkylation sites (tertiary alicyclic amines) is 1. The minimum atomic E-state index is -0.123. The molecule has 0 radical (unpaired) electrons. The van der Waals surface area contributed by atoms with Crippen molar-refractivity contribution in [2.45, 2.75) is 18.9 Å². The van der Waals surface area contributed by atoms with Gasteiger partial charge >= 0.3 is 0 Å². The standard InChI is InChI=1S/C13H15Cl2NO3/c14-11-4-3-10(6-12(11)15)19-8-13(18)16-5-1-2-9(16)7-17/h3-4,6,9,17H,1-2,5,7-8H2. The lowest BCUT2D eigenvalue weighted by atomic mass is 10.2. The Labute approximate surface area is 121 Å². The van der Waals surface area contributed by atoms with Crippen LogP contribution in [0.1, 0.15) is 12.8 Å². The fraction of sp³-hybridized carbons (Fsp3) is 0.462. The van der Waals surface area contributed by atoms with Crippen molar-refractivity contribution in [1.29, 1.82) is 0 Å². The van der Waals surface area contributed by atoms with E-state index >= 15 is 0 Å². The molecule has 1 amide bonds. The Balaban J connectivity index is 1.91. The van der Waals surface area contributed by atoms with Crippen molar-refractivity contribution in [2.24, 2.45) is 0 Å². The SMILES string of the molecule is O=C(COc1ccc(Cl)c(Cl)c1)N1CCCC1CO. The highest BCUT2D eigenvalue weighted by Crippen LogP contribution is 2.26. The minimum Gasteiger partial charge on any atom is -0.484 e. The lowest BCUT2D eigenvalue weighted by molar-refractivity contribution is -0.134. The van der Waals surface area contributed by atoms with Gasteiger partial charge in [0.2, 0.25) is 0 Å². The van der Waals surface area contributed by atoms with Crippen LogP contribution in [0.3, 0.4) is 0 Å². The van der Waals surface area contributed by atoms with Gasteiger partial charge in [0.25, 0.3) is 5.91 Å². The number of rotatable bonds is 4. The van der Waals surface area contributed by atoms with Crippen molar-refractivity contribution in [1.82, 2.24) is 4.90 Å². The van der Waals surface area contributed by atoms with E-state index in [0.29, 0.717) is 22.3 Å². The monoisotopic (exact) mass is 303 g/mol. The third-order valence-electron chi connectivity index (χ3n) is 3.16. The average Bonchev–Trinajstić information content (AvgIpc) is 2.88. The second kappa shape index (κ2) is 6.46. The van der Waals surface area contributed by atoms with Gasteiger partial charge in [-0.15, -0.1) is 0 Å². The molecule has 0 aromatic heterocycles. The first-order chi connectivity index (χ1) is 9.11. The number of carbonyl (C=O) groups excluding carboxylic acids is 1. The van der Waals surface area contributed by atoms with Gasteiger partial charge in [0.05, 0.1) is 22.7 Å². The van der Waals surface area contributed by atoms with E-state index in [1.807, 2.05) is 0 Å². The second-order valence-corrected chi connectivity index (χ2v) is 5.24. The van der Waals surface area contributed by atoms with Crippen LogP contribution in [0.2, 0.25) is 10.0 Å². The Morgan fingerprint density at radius 2 is 2.21 bits per heavy atom. The van der Waals surface area contributed by atoms with Crippen LogP contribution in [-0.4, -0.2) is 41.7 Å². The van der Waals surface area contributed by atoms with E-state index in [0.717, 1.165) is 12.8 Å². The summed E-state index contributed by atoms with van der Waals surface area (Å²) in [6.07, 6.45) is 1.76. The smallest absolute Gasteiger partial charge is 0.260 e. The Kier molecular flexibility index (Phi) is 4.91. The van der Waals surface area contributed by atoms with Crippen molar-refractivity contribution in [3.63, 3.8) is 0 Å². The molecule has 1 atom stereocenters. The summed E-state index contributed by atoms with van der Waals surface area (Å²) in [5.74, 6) is 0.380. The summed E-state index contributed by atoms with van der Waals surface area (Å²) in [5, 5.41) is 10.0. The third kappa shape index (κ3) is 3.53. The molecule has 0 aliphatic carbocycles. The molecule has 2 rings (SSSR count). The molecule has 0 bridgehead atoms. The van der Waals surface area contributed by atoms with Crippen LogP contribution in [-0.2, 0) is 4.79 Å². The molecule has 1 heterocycles. The van der Waals surface area contributed by atoms with Crippen molar-refractivity contribution in [2.75, 3.05) is 19.8 Å². The number of hydrogen-bond donors (Lipinski definition) is 1. The van der Waals surface area contributed by atoms with Crippen LogP contribution in [0.4, 0.5) is 0 Å². The van der Waals surface area contributed by atoms with Gasteiger partial charge in [-0.25, -0.2) is 0 Å². The average molecular weight is 304 g/mol. The first-order valence-electron chi connectivity index (χ1n) is 6.10. The maximum absolute atomic E-state index is 12.0. The van der Waals surface area contributed by atoms with E-state index in [-0.39, 0.29) is 25.2 Å². The molecule has 0 saturated carbocycles. The zero-order valence-electron chi connectivity index (χ0n) is 10.3. The van der Waals surface area contributed by atoms with Gasteiger partial charge < -0.3 is 14.7 Å². The van der Waals surface area contributed by atoms with Gasteiger partial charge in [0, 0.05) is 12.6 Å². The number of halogens is 2. The number of aliphatic hydroxyl groups excluding tert-OH is 1. The lowest BCUT2D eigenvalue weighted by Gasteiger charge is -2.22. The highest BCUT2D eigenvalue weighted by molar-refractivity contribution is 6.42. The molecule has 1 unspecified atom stereocenters. The molecule has 1 saturated heterocycles. The number of ether oxygens (including phenoxy) is 1. The molecule has 19 heavy (non-hydrogen) atoms. The van der Waals surface area contributed by atoms with E-state index in [1.54, 1.807) is 23.1 Å². The second-order valence-electron chi connectivity index (χ2n) is 4.43. The predicted octanol–water partition coefficient (Wildman–Crippen LogP) is 2.36. The quantitative estimate of drug-likeness (QED) is 0.929. The maximum atomic E-state index is 12.0. The first kappa shape index (κ1) is 14.4. The summed E-state index contributed by atoms with van der Waals surface area (Å²) in [6.45, 7) is 0.613. The van der Waals surface area contributed by atoms with Gasteiger partial charge in [0.15, 0.2) is 6.61 Å². The summed E-state index contributed by atoms with van der Waals surface area (Å²) < 4.78 is 5.39. The van der Waals surface area contributed by atoms with Crippen LogP contribution >= 0.6 is 23.2 Å². The molecule has 1 aliphatic heterocycles. The summed E-state index contributed by atoms with van der Waals surface area (Å²) in [4.78, 5) is 13.6. The molecule has 1 fully saturated rings. The van der Waals surface area contributed by atoms with Crippen LogP contribution in [0.25, 0.3) is 0 Å². The number of nitrogens with zero attached hydrogens (tertiary/aromatic N) is 1. The Hall–Kier alpha value is -0.970. The van der Waals surface area contributed by atoms with E-state index in [9.17, 15) is 9.90 Å². The molecular formula is C13H15Cl2NO3. The Bertz CT molecular complexity index is 467. The van der Waals surface area contributed by atoms with Crippen molar-refractivity contribution in [3.8, 4) is 5.75 Å². The Morgan fingerprint density at radius 1 is 1.42 bits per heavy atom. The number of amides is 1. The van der Waals surface area contributed by atoms with Crippen molar-refractivity contribution < 1.29 is 14.6 Å². The zero-order chi connectivity index (χ0) is 13.8. The first-order valence-corrected chi connectivity index (χ1v) is 6.85. The van der Waals surface area contributed by atoms with Gasteiger partial charge in [-0.2, -0.15) is 0 Å². The lowest BCUT2D eigenvalue weighted by Crippen LogP contribution is -2.40. The minimum absolute atomic E-state index is 0.00148. The molecule has 104 valence electrons. The van der Waals surface area contributed by atoms with Crippen LogP contribution in [0.15, 0.2) is 18.2 Å². The largest absolute Gasteiger partial charge is 0.484 e.